The van der Waals surface area contributed by atoms with Gasteiger partial charge in [-0.25, -0.2) is 0 Å². The zero-order valence-corrected chi connectivity index (χ0v) is 17.1. The average Bonchev–Trinajstić information content (AvgIpc) is 3.24. The van der Waals surface area contributed by atoms with E-state index in [9.17, 15) is 9.59 Å². The van der Waals surface area contributed by atoms with Crippen molar-refractivity contribution in [2.45, 2.75) is 19.4 Å². The number of amides is 2. The average molecular weight is 444 g/mol. The Morgan fingerprint density at radius 1 is 1.11 bits per heavy atom. The van der Waals surface area contributed by atoms with Crippen LogP contribution >= 0.6 is 15.9 Å². The van der Waals surface area contributed by atoms with Crippen molar-refractivity contribution in [2.24, 2.45) is 0 Å². The molecule has 1 fully saturated rings. The highest BCUT2D eigenvalue weighted by atomic mass is 79.9. The van der Waals surface area contributed by atoms with Gasteiger partial charge in [-0.05, 0) is 48.7 Å². The molecule has 2 aliphatic rings. The van der Waals surface area contributed by atoms with E-state index in [-0.39, 0.29) is 25.0 Å². The minimum absolute atomic E-state index is 0.0251. The molecule has 0 aliphatic carbocycles. The Kier molecular flexibility index (Phi) is 5.52. The Bertz CT molecular complexity index is 879. The first-order chi connectivity index (χ1) is 13.6. The maximum absolute atomic E-state index is 12.4. The second-order valence-electron chi connectivity index (χ2n) is 7.02. The van der Waals surface area contributed by atoms with Crippen LogP contribution in [0.15, 0.2) is 46.9 Å². The Labute approximate surface area is 172 Å². The van der Waals surface area contributed by atoms with Gasteiger partial charge in [-0.3, -0.25) is 14.5 Å². The lowest BCUT2D eigenvalue weighted by molar-refractivity contribution is -0.125. The molecular weight excluding hydrogens is 422 g/mol. The first-order valence-electron chi connectivity index (χ1n) is 9.43. The number of carbonyl (C=O) groups is 2. The van der Waals surface area contributed by atoms with Gasteiger partial charge in [0.1, 0.15) is 12.3 Å². The molecule has 146 valence electrons. The van der Waals surface area contributed by atoms with Crippen LogP contribution in [0.4, 0.5) is 11.4 Å². The molecule has 0 saturated carbocycles. The number of halogens is 1. The zero-order chi connectivity index (χ0) is 19.5. The normalized spacial score (nSPS) is 16.0. The van der Waals surface area contributed by atoms with E-state index in [4.69, 9.17) is 4.74 Å². The van der Waals surface area contributed by atoms with Gasteiger partial charge in [0, 0.05) is 29.8 Å². The number of benzene rings is 2. The van der Waals surface area contributed by atoms with Gasteiger partial charge >= 0.3 is 0 Å². The third-order valence-corrected chi connectivity index (χ3v) is 5.56. The lowest BCUT2D eigenvalue weighted by atomic mass is 10.2. The highest BCUT2D eigenvalue weighted by molar-refractivity contribution is 9.10. The molecule has 6 nitrogen and oxygen atoms in total. The molecule has 0 spiro atoms. The van der Waals surface area contributed by atoms with E-state index in [1.54, 1.807) is 12.1 Å². The molecule has 2 aromatic rings. The van der Waals surface area contributed by atoms with E-state index in [1.165, 1.54) is 23.4 Å². The summed E-state index contributed by atoms with van der Waals surface area (Å²) in [5.41, 5.74) is 2.88. The van der Waals surface area contributed by atoms with Crippen molar-refractivity contribution in [3.63, 3.8) is 0 Å². The van der Waals surface area contributed by atoms with Crippen molar-refractivity contribution in [2.75, 3.05) is 36.0 Å². The molecule has 2 heterocycles. The number of hydrogen-bond donors (Lipinski definition) is 1. The SMILES string of the molecule is O=C(CN1C(=O)COc2cc(Br)ccc21)NCc1ccc(N2CCCC2)cc1. The van der Waals surface area contributed by atoms with E-state index in [2.05, 4.69) is 38.3 Å². The van der Waals surface area contributed by atoms with Gasteiger partial charge in [0.15, 0.2) is 6.61 Å². The Morgan fingerprint density at radius 3 is 2.61 bits per heavy atom. The quantitative estimate of drug-likeness (QED) is 0.770. The second kappa shape index (κ2) is 8.22. The largest absolute Gasteiger partial charge is 0.482 e. The Balaban J connectivity index is 1.35. The molecule has 1 saturated heterocycles. The molecule has 2 amide bonds. The van der Waals surface area contributed by atoms with Gasteiger partial charge in [-0.2, -0.15) is 0 Å². The van der Waals surface area contributed by atoms with E-state index >= 15 is 0 Å². The summed E-state index contributed by atoms with van der Waals surface area (Å²) in [5.74, 6) is 0.173. The smallest absolute Gasteiger partial charge is 0.265 e. The molecule has 0 bridgehead atoms. The van der Waals surface area contributed by atoms with E-state index in [1.807, 2.05) is 18.2 Å². The summed E-state index contributed by atoms with van der Waals surface area (Å²) < 4.78 is 6.32. The lowest BCUT2D eigenvalue weighted by Crippen LogP contribution is -2.45. The van der Waals surface area contributed by atoms with Crippen LogP contribution in [-0.4, -0.2) is 38.1 Å². The van der Waals surface area contributed by atoms with Crippen LogP contribution in [0.1, 0.15) is 18.4 Å². The molecule has 2 aliphatic heterocycles. The monoisotopic (exact) mass is 443 g/mol. The number of carbonyl (C=O) groups excluding carboxylic acids is 2. The maximum atomic E-state index is 12.4. The van der Waals surface area contributed by atoms with Gasteiger partial charge in [0.2, 0.25) is 5.91 Å². The number of ether oxygens (including phenoxy) is 1. The predicted molar refractivity (Wildman–Crippen MR) is 112 cm³/mol. The number of anilines is 2. The van der Waals surface area contributed by atoms with Crippen molar-refractivity contribution in [1.82, 2.24) is 5.32 Å². The van der Waals surface area contributed by atoms with Gasteiger partial charge in [0.25, 0.3) is 5.91 Å². The van der Waals surface area contributed by atoms with Gasteiger partial charge in [-0.1, -0.05) is 28.1 Å². The molecule has 0 aromatic heterocycles. The maximum Gasteiger partial charge on any atom is 0.265 e. The first kappa shape index (κ1) is 18.8. The third-order valence-electron chi connectivity index (χ3n) is 5.06. The van der Waals surface area contributed by atoms with Crippen LogP contribution in [0.3, 0.4) is 0 Å². The van der Waals surface area contributed by atoms with Crippen LogP contribution in [0, 0.1) is 0 Å². The minimum Gasteiger partial charge on any atom is -0.482 e. The topological polar surface area (TPSA) is 61.9 Å². The number of nitrogens with one attached hydrogen (secondary N) is 1. The van der Waals surface area contributed by atoms with Crippen LogP contribution in [0.2, 0.25) is 0 Å². The molecule has 28 heavy (non-hydrogen) atoms. The first-order valence-corrected chi connectivity index (χ1v) is 10.2. The summed E-state index contributed by atoms with van der Waals surface area (Å²) in [6.07, 6.45) is 2.50. The van der Waals surface area contributed by atoms with Crippen LogP contribution in [0.5, 0.6) is 5.75 Å². The standard InChI is InChI=1S/C21H22BrN3O3/c22-16-5-8-18-19(11-16)28-14-21(27)25(18)13-20(26)23-12-15-3-6-17(7-4-15)24-9-1-2-10-24/h3-8,11H,1-2,9-10,12-14H2,(H,23,26). The van der Waals surface area contributed by atoms with Crippen molar-refractivity contribution in [3.05, 3.63) is 52.5 Å². The molecular formula is C21H22BrN3O3. The fraction of sp³-hybridized carbons (Fsp3) is 0.333. The minimum atomic E-state index is -0.222. The molecule has 0 radical (unpaired) electrons. The number of rotatable bonds is 5. The Hall–Kier alpha value is -2.54. The third kappa shape index (κ3) is 4.14. The van der Waals surface area contributed by atoms with Crippen molar-refractivity contribution >= 4 is 39.1 Å². The van der Waals surface area contributed by atoms with Crippen molar-refractivity contribution < 1.29 is 14.3 Å². The van der Waals surface area contributed by atoms with Crippen LogP contribution in [-0.2, 0) is 16.1 Å². The van der Waals surface area contributed by atoms with Gasteiger partial charge < -0.3 is 15.0 Å². The number of nitrogens with zero attached hydrogens (tertiary/aromatic N) is 2. The zero-order valence-electron chi connectivity index (χ0n) is 15.5. The number of fused-ring (bicyclic) bond motifs is 1. The van der Waals surface area contributed by atoms with E-state index < -0.39 is 0 Å². The summed E-state index contributed by atoms with van der Waals surface area (Å²) in [5, 5.41) is 2.90. The molecule has 7 heteroatoms. The van der Waals surface area contributed by atoms with Crippen molar-refractivity contribution in [3.8, 4) is 5.75 Å². The van der Waals surface area contributed by atoms with Crippen LogP contribution < -0.4 is 19.9 Å². The predicted octanol–water partition coefficient (Wildman–Crippen LogP) is 3.09. The summed E-state index contributed by atoms with van der Waals surface area (Å²) in [7, 11) is 0. The number of hydrogen-bond acceptors (Lipinski definition) is 4. The van der Waals surface area contributed by atoms with Crippen molar-refractivity contribution in [1.29, 1.82) is 0 Å². The van der Waals surface area contributed by atoms with Gasteiger partial charge in [-0.15, -0.1) is 0 Å². The molecule has 0 atom stereocenters. The highest BCUT2D eigenvalue weighted by Crippen LogP contribution is 2.34. The summed E-state index contributed by atoms with van der Waals surface area (Å²) in [6, 6.07) is 13.7. The van der Waals surface area contributed by atoms with E-state index in [0.29, 0.717) is 18.0 Å². The van der Waals surface area contributed by atoms with E-state index in [0.717, 1.165) is 23.1 Å². The summed E-state index contributed by atoms with van der Waals surface area (Å²) >= 11 is 3.39. The fourth-order valence-electron chi connectivity index (χ4n) is 3.55. The molecule has 2 aromatic carbocycles. The van der Waals surface area contributed by atoms with Gasteiger partial charge in [0.05, 0.1) is 5.69 Å². The Morgan fingerprint density at radius 2 is 1.86 bits per heavy atom. The lowest BCUT2D eigenvalue weighted by Gasteiger charge is -2.29. The molecule has 0 unspecified atom stereocenters. The fourth-order valence-corrected chi connectivity index (χ4v) is 3.89. The molecule has 1 N–H and O–H groups in total. The van der Waals surface area contributed by atoms with Crippen LogP contribution in [0.25, 0.3) is 0 Å². The molecule has 4 rings (SSSR count). The highest BCUT2D eigenvalue weighted by Gasteiger charge is 2.27. The summed E-state index contributed by atoms with van der Waals surface area (Å²) in [4.78, 5) is 28.5. The summed E-state index contributed by atoms with van der Waals surface area (Å²) in [6.45, 7) is 2.58. The second-order valence-corrected chi connectivity index (χ2v) is 7.93.